The molecule has 0 radical (unpaired) electrons. The smallest absolute Gasteiger partial charge is 0.301 e. The second kappa shape index (κ2) is 10.5. The van der Waals surface area contributed by atoms with Gasteiger partial charge in [-0.2, -0.15) is 0 Å². The summed E-state index contributed by atoms with van der Waals surface area (Å²) in [5, 5.41) is 11.7. The number of rotatable bonds is 8. The number of Topliss-reactive ketones (excluding diaryl/α,β-unsaturated/α-hetero) is 1. The van der Waals surface area contributed by atoms with Crippen molar-refractivity contribution in [2.24, 2.45) is 0 Å². The van der Waals surface area contributed by atoms with Crippen molar-refractivity contribution in [3.8, 4) is 17.2 Å². The zero-order valence-corrected chi connectivity index (χ0v) is 22.0. The summed E-state index contributed by atoms with van der Waals surface area (Å²) in [5.74, 6) is 0.141. The number of aliphatic hydroxyl groups excluding tert-OH is 1. The Morgan fingerprint density at radius 3 is 2.13 bits per heavy atom. The number of ether oxygens (including phenoxy) is 3. The van der Waals surface area contributed by atoms with Gasteiger partial charge in [0, 0.05) is 5.56 Å². The van der Waals surface area contributed by atoms with Gasteiger partial charge in [0.1, 0.15) is 23.0 Å². The zero-order chi connectivity index (χ0) is 26.8. The van der Waals surface area contributed by atoms with Crippen molar-refractivity contribution in [1.29, 1.82) is 0 Å². The highest BCUT2D eigenvalue weighted by Gasteiger charge is 2.48. The minimum Gasteiger partial charge on any atom is -0.507 e. The fraction of sp³-hybridized carbons (Fsp3) is 0.207. The number of thiazole rings is 1. The van der Waals surface area contributed by atoms with Crippen LogP contribution in [0.5, 0.6) is 17.2 Å². The van der Waals surface area contributed by atoms with Gasteiger partial charge in [-0.15, -0.1) is 0 Å². The third-order valence-corrected chi connectivity index (χ3v) is 7.20. The zero-order valence-electron chi connectivity index (χ0n) is 21.1. The molecule has 0 aliphatic carbocycles. The molecule has 3 aromatic carbocycles. The number of methoxy groups -OCH3 is 1. The Bertz CT molecular complexity index is 1530. The Kier molecular flexibility index (Phi) is 7.02. The normalized spacial score (nSPS) is 16.7. The lowest BCUT2D eigenvalue weighted by Gasteiger charge is -2.23. The van der Waals surface area contributed by atoms with Crippen LogP contribution in [0.25, 0.3) is 16.0 Å². The molecule has 0 saturated carbocycles. The summed E-state index contributed by atoms with van der Waals surface area (Å²) < 4.78 is 17.2. The minimum absolute atomic E-state index is 0.0137. The first-order valence-corrected chi connectivity index (χ1v) is 13.0. The quantitative estimate of drug-likeness (QED) is 0.177. The van der Waals surface area contributed by atoms with Crippen LogP contribution in [0.4, 0.5) is 5.13 Å². The SMILES string of the molecule is CCOc1ccc(/C(O)=C2\C(=O)C(=O)N(c3nc4ccc(OC)cc4s3)C2c2ccc(OCC)cc2)cc1. The topological polar surface area (TPSA) is 98.2 Å². The molecule has 1 atom stereocenters. The lowest BCUT2D eigenvalue weighted by molar-refractivity contribution is -0.132. The number of nitrogens with zero attached hydrogens (tertiary/aromatic N) is 2. The molecule has 4 aromatic rings. The van der Waals surface area contributed by atoms with E-state index in [1.807, 2.05) is 19.9 Å². The van der Waals surface area contributed by atoms with Gasteiger partial charge >= 0.3 is 5.91 Å². The highest BCUT2D eigenvalue weighted by molar-refractivity contribution is 7.22. The molecule has 1 aliphatic rings. The van der Waals surface area contributed by atoms with Crippen LogP contribution >= 0.6 is 11.3 Å². The van der Waals surface area contributed by atoms with Crippen LogP contribution in [0.2, 0.25) is 0 Å². The summed E-state index contributed by atoms with van der Waals surface area (Å²) in [6.45, 7) is 4.78. The molecule has 2 heterocycles. The van der Waals surface area contributed by atoms with Crippen LogP contribution in [-0.4, -0.2) is 42.1 Å². The number of benzene rings is 3. The first-order chi connectivity index (χ1) is 18.4. The lowest BCUT2D eigenvalue weighted by atomic mass is 9.95. The molecular weight excluding hydrogens is 504 g/mol. The molecule has 1 aromatic heterocycles. The number of carbonyl (C=O) groups excluding carboxylic acids is 2. The molecular formula is C29H26N2O6S. The lowest BCUT2D eigenvalue weighted by Crippen LogP contribution is -2.29. The maximum absolute atomic E-state index is 13.5. The molecule has 5 rings (SSSR count). The molecule has 1 unspecified atom stereocenters. The summed E-state index contributed by atoms with van der Waals surface area (Å²) in [4.78, 5) is 32.9. The summed E-state index contributed by atoms with van der Waals surface area (Å²) in [7, 11) is 1.58. The van der Waals surface area contributed by atoms with E-state index in [1.165, 1.54) is 16.2 Å². The molecule has 1 aliphatic heterocycles. The Labute approximate surface area is 223 Å². The number of amides is 1. The van der Waals surface area contributed by atoms with Gasteiger partial charge in [-0.05, 0) is 74.0 Å². The van der Waals surface area contributed by atoms with Gasteiger partial charge in [-0.3, -0.25) is 14.5 Å². The van der Waals surface area contributed by atoms with Gasteiger partial charge < -0.3 is 19.3 Å². The van der Waals surface area contributed by atoms with Crippen LogP contribution < -0.4 is 19.1 Å². The third kappa shape index (κ3) is 4.56. The van der Waals surface area contributed by atoms with Gasteiger partial charge in [-0.1, -0.05) is 23.5 Å². The molecule has 194 valence electrons. The van der Waals surface area contributed by atoms with Crippen LogP contribution in [0.1, 0.15) is 31.0 Å². The highest BCUT2D eigenvalue weighted by Crippen LogP contribution is 2.45. The van der Waals surface area contributed by atoms with E-state index in [2.05, 4.69) is 4.98 Å². The summed E-state index contributed by atoms with van der Waals surface area (Å²) in [5.41, 5.74) is 1.69. The van der Waals surface area contributed by atoms with Crippen LogP contribution in [0.3, 0.4) is 0 Å². The second-order valence-electron chi connectivity index (χ2n) is 8.46. The van der Waals surface area contributed by atoms with E-state index in [9.17, 15) is 14.7 Å². The van der Waals surface area contributed by atoms with Crippen LogP contribution in [0, 0.1) is 0 Å². The van der Waals surface area contributed by atoms with E-state index < -0.39 is 17.7 Å². The number of carbonyl (C=O) groups is 2. The molecule has 0 bridgehead atoms. The Morgan fingerprint density at radius 1 is 0.921 bits per heavy atom. The number of anilines is 1. The standard InChI is InChI=1S/C29H26N2O6S/c1-4-36-19-10-6-17(7-11-19)25-24(26(32)18-8-12-20(13-9-18)37-5-2)27(33)28(34)31(25)29-30-22-15-14-21(35-3)16-23(22)38-29/h6-16,25,32H,4-5H2,1-3H3/b26-24+. The third-order valence-electron chi connectivity index (χ3n) is 6.18. The van der Waals surface area contributed by atoms with E-state index in [4.69, 9.17) is 14.2 Å². The fourth-order valence-electron chi connectivity index (χ4n) is 4.41. The summed E-state index contributed by atoms with van der Waals surface area (Å²) in [6, 6.07) is 18.4. The van der Waals surface area contributed by atoms with Crippen molar-refractivity contribution in [2.75, 3.05) is 25.2 Å². The number of hydrogen-bond acceptors (Lipinski definition) is 8. The van der Waals surface area contributed by atoms with E-state index in [0.717, 1.165) is 4.70 Å². The summed E-state index contributed by atoms with van der Waals surface area (Å²) in [6.07, 6.45) is 0. The van der Waals surface area contributed by atoms with Crippen molar-refractivity contribution in [1.82, 2.24) is 4.98 Å². The molecule has 1 saturated heterocycles. The number of hydrogen-bond donors (Lipinski definition) is 1. The Hall–Kier alpha value is -4.37. The first kappa shape index (κ1) is 25.3. The molecule has 1 N–H and O–H groups in total. The van der Waals surface area contributed by atoms with Crippen molar-refractivity contribution >= 4 is 44.1 Å². The van der Waals surface area contributed by atoms with Gasteiger partial charge in [0.05, 0.1) is 42.2 Å². The average Bonchev–Trinajstić information content (AvgIpc) is 3.47. The second-order valence-corrected chi connectivity index (χ2v) is 9.47. The van der Waals surface area contributed by atoms with Crippen molar-refractivity contribution in [2.45, 2.75) is 19.9 Å². The number of aliphatic hydroxyl groups is 1. The largest absolute Gasteiger partial charge is 0.507 e. The van der Waals surface area contributed by atoms with Crippen molar-refractivity contribution < 1.29 is 28.9 Å². The Balaban J connectivity index is 1.66. The minimum atomic E-state index is -0.889. The van der Waals surface area contributed by atoms with Gasteiger partial charge in [0.15, 0.2) is 5.13 Å². The fourth-order valence-corrected chi connectivity index (χ4v) is 5.43. The maximum atomic E-state index is 13.5. The van der Waals surface area contributed by atoms with Crippen LogP contribution in [0.15, 0.2) is 72.3 Å². The predicted octanol–water partition coefficient (Wildman–Crippen LogP) is 5.73. The molecule has 8 nitrogen and oxygen atoms in total. The molecule has 9 heteroatoms. The van der Waals surface area contributed by atoms with Gasteiger partial charge in [0.2, 0.25) is 0 Å². The van der Waals surface area contributed by atoms with Crippen LogP contribution in [-0.2, 0) is 9.59 Å². The molecule has 38 heavy (non-hydrogen) atoms. The number of aromatic nitrogens is 1. The van der Waals surface area contributed by atoms with Gasteiger partial charge in [-0.25, -0.2) is 4.98 Å². The van der Waals surface area contributed by atoms with E-state index in [0.29, 0.717) is 52.2 Å². The molecule has 0 spiro atoms. The molecule has 1 amide bonds. The van der Waals surface area contributed by atoms with E-state index >= 15 is 0 Å². The van der Waals surface area contributed by atoms with E-state index in [1.54, 1.807) is 67.8 Å². The summed E-state index contributed by atoms with van der Waals surface area (Å²) >= 11 is 1.27. The maximum Gasteiger partial charge on any atom is 0.301 e. The Morgan fingerprint density at radius 2 is 1.53 bits per heavy atom. The average molecular weight is 531 g/mol. The number of fused-ring (bicyclic) bond motifs is 1. The number of ketones is 1. The van der Waals surface area contributed by atoms with Gasteiger partial charge in [0.25, 0.3) is 5.78 Å². The highest BCUT2D eigenvalue weighted by atomic mass is 32.1. The van der Waals surface area contributed by atoms with Crippen molar-refractivity contribution in [3.63, 3.8) is 0 Å². The molecule has 1 fully saturated rings. The first-order valence-electron chi connectivity index (χ1n) is 12.2. The van der Waals surface area contributed by atoms with Crippen molar-refractivity contribution in [3.05, 3.63) is 83.4 Å². The monoisotopic (exact) mass is 530 g/mol. The predicted molar refractivity (Wildman–Crippen MR) is 146 cm³/mol. The van der Waals surface area contributed by atoms with E-state index in [-0.39, 0.29) is 11.3 Å².